The van der Waals surface area contributed by atoms with Crippen molar-refractivity contribution >= 4 is 11.5 Å². The number of amidine groups is 1. The summed E-state index contributed by atoms with van der Waals surface area (Å²) in [5.74, 6) is -0.526. The number of benzene rings is 1. The summed E-state index contributed by atoms with van der Waals surface area (Å²) in [7, 11) is 0. The average molecular weight is 237 g/mol. The topological polar surface area (TPSA) is 73.3 Å². The monoisotopic (exact) mass is 237 g/mol. The van der Waals surface area contributed by atoms with E-state index in [2.05, 4.69) is 0 Å². The molecular weight excluding hydrogens is 221 g/mol. The number of anilines is 1. The van der Waals surface area contributed by atoms with E-state index < -0.39 is 5.82 Å². The Morgan fingerprint density at radius 2 is 2.06 bits per heavy atom. The molecule has 1 heterocycles. The number of nitrogens with two attached hydrogens (primary N) is 1. The van der Waals surface area contributed by atoms with Crippen LogP contribution in [0.3, 0.4) is 0 Å². The summed E-state index contributed by atoms with van der Waals surface area (Å²) in [4.78, 5) is 2.03. The molecule has 2 rings (SSSR count). The van der Waals surface area contributed by atoms with Gasteiger partial charge in [0.2, 0.25) is 0 Å². The van der Waals surface area contributed by atoms with Crippen molar-refractivity contribution in [1.82, 2.24) is 0 Å². The molecule has 4 nitrogen and oxygen atoms in total. The first-order chi connectivity index (χ1) is 8.08. The fraction of sp³-hybridized carbons (Fsp3) is 0.417. The highest BCUT2D eigenvalue weighted by molar-refractivity contribution is 6.00. The Kier molecular flexibility index (Phi) is 3.28. The van der Waals surface area contributed by atoms with E-state index in [-0.39, 0.29) is 11.9 Å². The Bertz CT molecular complexity index is 428. The Labute approximate surface area is 99.4 Å². The number of nitrogens with one attached hydrogen (secondary N) is 1. The van der Waals surface area contributed by atoms with Crippen LogP contribution >= 0.6 is 0 Å². The molecule has 1 aliphatic rings. The number of rotatable bonds is 2. The number of nitrogen functional groups attached to an aromatic ring is 1. The van der Waals surface area contributed by atoms with Crippen LogP contribution < -0.4 is 10.6 Å². The summed E-state index contributed by atoms with van der Waals surface area (Å²) in [5.41, 5.74) is 6.65. The standard InChI is InChI=1S/C12H16FN3O/c13-8-1-2-11(10(7-8)12(14)15)16-5-3-9(17)4-6-16/h1-2,7,9,17H,3-6H2,(H3,14,15). The molecule has 17 heavy (non-hydrogen) atoms. The van der Waals surface area contributed by atoms with Crippen LogP contribution in [0.15, 0.2) is 18.2 Å². The van der Waals surface area contributed by atoms with Gasteiger partial charge in [-0.05, 0) is 31.0 Å². The molecule has 0 bridgehead atoms. The van der Waals surface area contributed by atoms with E-state index in [1.54, 1.807) is 6.07 Å². The summed E-state index contributed by atoms with van der Waals surface area (Å²) in [6.45, 7) is 1.40. The maximum atomic E-state index is 13.1. The molecule has 0 saturated carbocycles. The van der Waals surface area contributed by atoms with Crippen LogP contribution in [-0.4, -0.2) is 30.1 Å². The number of nitrogens with zero attached hydrogens (tertiary/aromatic N) is 1. The predicted molar refractivity (Wildman–Crippen MR) is 64.9 cm³/mol. The fourth-order valence-corrected chi connectivity index (χ4v) is 2.11. The smallest absolute Gasteiger partial charge is 0.125 e. The molecule has 1 fully saturated rings. The number of hydrogen-bond donors (Lipinski definition) is 3. The third-order valence-corrected chi connectivity index (χ3v) is 3.05. The predicted octanol–water partition coefficient (Wildman–Crippen LogP) is 1.07. The van der Waals surface area contributed by atoms with Gasteiger partial charge < -0.3 is 15.7 Å². The fourth-order valence-electron chi connectivity index (χ4n) is 2.11. The second kappa shape index (κ2) is 4.71. The number of halogens is 1. The van der Waals surface area contributed by atoms with E-state index >= 15 is 0 Å². The molecule has 4 N–H and O–H groups in total. The Morgan fingerprint density at radius 1 is 1.41 bits per heavy atom. The maximum Gasteiger partial charge on any atom is 0.125 e. The maximum absolute atomic E-state index is 13.1. The van der Waals surface area contributed by atoms with Gasteiger partial charge in [-0.25, -0.2) is 4.39 Å². The van der Waals surface area contributed by atoms with Crippen LogP contribution in [-0.2, 0) is 0 Å². The molecule has 0 aromatic heterocycles. The van der Waals surface area contributed by atoms with Crippen molar-refractivity contribution in [3.63, 3.8) is 0 Å². The molecular formula is C12H16FN3O. The molecule has 0 unspecified atom stereocenters. The third-order valence-electron chi connectivity index (χ3n) is 3.05. The van der Waals surface area contributed by atoms with Gasteiger partial charge in [-0.2, -0.15) is 0 Å². The van der Waals surface area contributed by atoms with Gasteiger partial charge in [0.05, 0.1) is 6.10 Å². The van der Waals surface area contributed by atoms with Crippen LogP contribution in [0, 0.1) is 11.2 Å². The quantitative estimate of drug-likeness (QED) is 0.532. The number of hydrogen-bond acceptors (Lipinski definition) is 3. The van der Waals surface area contributed by atoms with E-state index in [1.807, 2.05) is 4.90 Å². The summed E-state index contributed by atoms with van der Waals surface area (Å²) in [6.07, 6.45) is 1.12. The first-order valence-electron chi connectivity index (χ1n) is 5.65. The molecule has 1 aliphatic heterocycles. The minimum absolute atomic E-state index is 0.134. The zero-order valence-corrected chi connectivity index (χ0v) is 9.49. The summed E-state index contributed by atoms with van der Waals surface area (Å²) < 4.78 is 13.1. The molecule has 1 aromatic carbocycles. The lowest BCUT2D eigenvalue weighted by molar-refractivity contribution is 0.145. The SMILES string of the molecule is N=C(N)c1cc(F)ccc1N1CCC(O)CC1. The van der Waals surface area contributed by atoms with Gasteiger partial charge in [0.15, 0.2) is 0 Å². The Morgan fingerprint density at radius 3 is 2.65 bits per heavy atom. The summed E-state index contributed by atoms with van der Waals surface area (Å²) in [5, 5.41) is 16.9. The molecule has 0 aliphatic carbocycles. The molecule has 92 valence electrons. The molecule has 1 saturated heterocycles. The minimum Gasteiger partial charge on any atom is -0.393 e. The van der Waals surface area contributed by atoms with E-state index in [9.17, 15) is 9.50 Å². The van der Waals surface area contributed by atoms with Crippen LogP contribution in [0.4, 0.5) is 10.1 Å². The lowest BCUT2D eigenvalue weighted by atomic mass is 10.0. The molecule has 5 heteroatoms. The zero-order valence-electron chi connectivity index (χ0n) is 9.49. The number of aliphatic hydroxyl groups excluding tert-OH is 1. The van der Waals surface area contributed by atoms with Crippen molar-refractivity contribution in [2.45, 2.75) is 18.9 Å². The second-order valence-electron chi connectivity index (χ2n) is 4.29. The lowest BCUT2D eigenvalue weighted by Gasteiger charge is -2.32. The van der Waals surface area contributed by atoms with Crippen LogP contribution in [0.1, 0.15) is 18.4 Å². The molecule has 0 amide bonds. The zero-order chi connectivity index (χ0) is 12.4. The van der Waals surface area contributed by atoms with Gasteiger partial charge in [-0.3, -0.25) is 5.41 Å². The van der Waals surface area contributed by atoms with E-state index in [4.69, 9.17) is 11.1 Å². The van der Waals surface area contributed by atoms with Gasteiger partial charge in [-0.15, -0.1) is 0 Å². The van der Waals surface area contributed by atoms with Crippen LogP contribution in [0.25, 0.3) is 0 Å². The van der Waals surface area contributed by atoms with Gasteiger partial charge in [0.25, 0.3) is 0 Å². The first kappa shape index (κ1) is 11.9. The van der Waals surface area contributed by atoms with Gasteiger partial charge in [-0.1, -0.05) is 0 Å². The van der Waals surface area contributed by atoms with Crippen LogP contribution in [0.2, 0.25) is 0 Å². The second-order valence-corrected chi connectivity index (χ2v) is 4.29. The Hall–Kier alpha value is -1.62. The highest BCUT2D eigenvalue weighted by Gasteiger charge is 2.20. The van der Waals surface area contributed by atoms with Crippen molar-refractivity contribution < 1.29 is 9.50 Å². The number of piperidine rings is 1. The van der Waals surface area contributed by atoms with Crippen molar-refractivity contribution in [3.05, 3.63) is 29.6 Å². The number of aliphatic hydroxyl groups is 1. The van der Waals surface area contributed by atoms with Crippen molar-refractivity contribution in [2.24, 2.45) is 5.73 Å². The van der Waals surface area contributed by atoms with E-state index in [1.165, 1.54) is 12.1 Å². The van der Waals surface area contributed by atoms with E-state index in [0.717, 1.165) is 5.69 Å². The average Bonchev–Trinajstić information content (AvgIpc) is 2.30. The third kappa shape index (κ3) is 2.55. The normalized spacial score (nSPS) is 17.2. The highest BCUT2D eigenvalue weighted by Crippen LogP contribution is 2.24. The Balaban J connectivity index is 2.28. The van der Waals surface area contributed by atoms with Gasteiger partial charge in [0.1, 0.15) is 11.7 Å². The minimum atomic E-state index is -0.393. The van der Waals surface area contributed by atoms with Crippen LogP contribution in [0.5, 0.6) is 0 Å². The molecule has 0 spiro atoms. The molecule has 1 aromatic rings. The lowest BCUT2D eigenvalue weighted by Crippen LogP contribution is -2.37. The molecule has 0 radical (unpaired) electrons. The van der Waals surface area contributed by atoms with Gasteiger partial charge in [0, 0.05) is 24.3 Å². The van der Waals surface area contributed by atoms with E-state index in [0.29, 0.717) is 31.5 Å². The van der Waals surface area contributed by atoms with Crippen molar-refractivity contribution in [1.29, 1.82) is 5.41 Å². The summed E-state index contributed by atoms with van der Waals surface area (Å²) >= 11 is 0. The van der Waals surface area contributed by atoms with Crippen molar-refractivity contribution in [3.8, 4) is 0 Å². The highest BCUT2D eigenvalue weighted by atomic mass is 19.1. The largest absolute Gasteiger partial charge is 0.393 e. The van der Waals surface area contributed by atoms with Crippen molar-refractivity contribution in [2.75, 3.05) is 18.0 Å². The van der Waals surface area contributed by atoms with Gasteiger partial charge >= 0.3 is 0 Å². The summed E-state index contributed by atoms with van der Waals surface area (Å²) in [6, 6.07) is 4.29. The molecule has 0 atom stereocenters. The first-order valence-corrected chi connectivity index (χ1v) is 5.65.